The van der Waals surface area contributed by atoms with Gasteiger partial charge in [-0.3, -0.25) is 9.69 Å². The average molecular weight is 503 g/mol. The van der Waals surface area contributed by atoms with E-state index in [1.165, 1.54) is 0 Å². The summed E-state index contributed by atoms with van der Waals surface area (Å²) in [6, 6.07) is 12.1. The molecular weight excluding hydrogens is 472 g/mol. The van der Waals surface area contributed by atoms with Crippen LogP contribution in [-0.2, 0) is 30.9 Å². The fourth-order valence-corrected chi connectivity index (χ4v) is 5.05. The molecular formula is C27H30N6O4. The lowest BCUT2D eigenvalue weighted by Crippen LogP contribution is -2.29. The highest BCUT2D eigenvalue weighted by atomic mass is 16.7. The number of H-pyrrole nitrogens is 1. The molecule has 0 saturated carbocycles. The van der Waals surface area contributed by atoms with E-state index in [4.69, 9.17) is 14.2 Å². The zero-order valence-electron chi connectivity index (χ0n) is 21.1. The van der Waals surface area contributed by atoms with Crippen molar-refractivity contribution in [3.8, 4) is 11.5 Å². The predicted molar refractivity (Wildman–Crippen MR) is 136 cm³/mol. The first-order chi connectivity index (χ1) is 18.0. The second kappa shape index (κ2) is 9.95. The molecule has 0 aliphatic carbocycles. The minimum Gasteiger partial charge on any atom is -0.454 e. The highest BCUT2D eigenvalue weighted by Crippen LogP contribution is 2.33. The summed E-state index contributed by atoms with van der Waals surface area (Å²) in [4.78, 5) is 18.4. The number of hydrogen-bond donors (Lipinski definition) is 1. The Bertz CT molecular complexity index is 1490. The van der Waals surface area contributed by atoms with Gasteiger partial charge >= 0.3 is 0 Å². The number of aromatic nitrogens is 5. The molecule has 2 aromatic carbocycles. The number of rotatable bonds is 8. The Hall–Kier alpha value is -3.76. The molecule has 2 aliphatic heterocycles. The van der Waals surface area contributed by atoms with E-state index in [-0.39, 0.29) is 18.5 Å². The zero-order chi connectivity index (χ0) is 25.4. The van der Waals surface area contributed by atoms with Crippen LogP contribution in [0.3, 0.4) is 0 Å². The quantitative estimate of drug-likeness (QED) is 0.391. The van der Waals surface area contributed by atoms with E-state index in [9.17, 15) is 4.79 Å². The Balaban J connectivity index is 1.30. The number of fused-ring (bicyclic) bond motifs is 2. The first kappa shape index (κ1) is 23.6. The third-order valence-electron chi connectivity index (χ3n) is 7.24. The molecule has 10 nitrogen and oxygen atoms in total. The SMILES string of the molecule is Cc1ccc2cc(CN(Cc3ccc4c(c3)OCO4)Cc3nnnn3C[C@@H]3CCCO3)c(=O)[nH]c2c1C. The van der Waals surface area contributed by atoms with Crippen LogP contribution in [0.4, 0.5) is 0 Å². The average Bonchev–Trinajstić information content (AvgIpc) is 3.66. The molecule has 1 fully saturated rings. The minimum absolute atomic E-state index is 0.0872. The van der Waals surface area contributed by atoms with Gasteiger partial charge in [-0.1, -0.05) is 18.2 Å². The standard InChI is InChI=1S/C27H30N6O4/c1-17-5-7-20-11-21(27(34)28-26(20)18(17)2)13-32(12-19-6-8-23-24(10-19)37-16-36-23)15-25-29-30-31-33(25)14-22-4-3-9-35-22/h5-8,10-11,22H,3-4,9,12-16H2,1-2H3,(H,28,34)/t22-/m0/s1. The molecule has 37 heavy (non-hydrogen) atoms. The lowest BCUT2D eigenvalue weighted by Gasteiger charge is -2.22. The second-order valence-electron chi connectivity index (χ2n) is 9.84. The van der Waals surface area contributed by atoms with Crippen molar-refractivity contribution < 1.29 is 14.2 Å². The Kier molecular flexibility index (Phi) is 6.35. The first-order valence-electron chi connectivity index (χ1n) is 12.6. The van der Waals surface area contributed by atoms with Crippen molar-refractivity contribution in [2.75, 3.05) is 13.4 Å². The Morgan fingerprint density at radius 2 is 1.97 bits per heavy atom. The maximum absolute atomic E-state index is 13.2. The van der Waals surface area contributed by atoms with Gasteiger partial charge in [0.15, 0.2) is 17.3 Å². The van der Waals surface area contributed by atoms with Crippen LogP contribution in [-0.4, -0.2) is 49.6 Å². The number of aryl methyl sites for hydroxylation is 2. The number of tetrazole rings is 1. The summed E-state index contributed by atoms with van der Waals surface area (Å²) in [6.07, 6.45) is 2.19. The summed E-state index contributed by atoms with van der Waals surface area (Å²) in [5, 5.41) is 13.5. The summed E-state index contributed by atoms with van der Waals surface area (Å²) >= 11 is 0. The van der Waals surface area contributed by atoms with E-state index in [1.807, 2.05) is 35.9 Å². The molecule has 6 rings (SSSR count). The molecule has 192 valence electrons. The molecule has 2 aliphatic rings. The van der Waals surface area contributed by atoms with Gasteiger partial charge in [-0.05, 0) is 77.4 Å². The molecule has 1 atom stereocenters. The van der Waals surface area contributed by atoms with Crippen molar-refractivity contribution in [3.63, 3.8) is 0 Å². The number of nitrogens with zero attached hydrogens (tertiary/aromatic N) is 5. The monoisotopic (exact) mass is 502 g/mol. The fraction of sp³-hybridized carbons (Fsp3) is 0.407. The number of ether oxygens (including phenoxy) is 3. The van der Waals surface area contributed by atoms with E-state index < -0.39 is 0 Å². The van der Waals surface area contributed by atoms with Gasteiger partial charge in [0, 0.05) is 25.3 Å². The highest BCUT2D eigenvalue weighted by molar-refractivity contribution is 5.83. The highest BCUT2D eigenvalue weighted by Gasteiger charge is 2.22. The lowest BCUT2D eigenvalue weighted by atomic mass is 10.0. The lowest BCUT2D eigenvalue weighted by molar-refractivity contribution is 0.0914. The van der Waals surface area contributed by atoms with Gasteiger partial charge in [0.05, 0.1) is 24.7 Å². The molecule has 1 saturated heterocycles. The topological polar surface area (TPSA) is 107 Å². The van der Waals surface area contributed by atoms with E-state index >= 15 is 0 Å². The normalized spacial score (nSPS) is 16.8. The van der Waals surface area contributed by atoms with Crippen molar-refractivity contribution in [2.45, 2.75) is 59.0 Å². The van der Waals surface area contributed by atoms with Crippen LogP contribution < -0.4 is 15.0 Å². The van der Waals surface area contributed by atoms with Gasteiger partial charge in [0.25, 0.3) is 5.56 Å². The summed E-state index contributed by atoms with van der Waals surface area (Å²) in [7, 11) is 0. The number of nitrogens with one attached hydrogen (secondary N) is 1. The van der Waals surface area contributed by atoms with Gasteiger partial charge in [0.1, 0.15) is 0 Å². The number of hydrogen-bond acceptors (Lipinski definition) is 8. The van der Waals surface area contributed by atoms with Gasteiger partial charge in [0.2, 0.25) is 6.79 Å². The van der Waals surface area contributed by atoms with Crippen LogP contribution in [0.2, 0.25) is 0 Å². The molecule has 10 heteroatoms. The third-order valence-corrected chi connectivity index (χ3v) is 7.24. The maximum Gasteiger partial charge on any atom is 0.252 e. The molecule has 0 spiro atoms. The molecule has 0 unspecified atom stereocenters. The second-order valence-corrected chi connectivity index (χ2v) is 9.84. The first-order valence-corrected chi connectivity index (χ1v) is 12.6. The van der Waals surface area contributed by atoms with Crippen LogP contribution in [0, 0.1) is 13.8 Å². The van der Waals surface area contributed by atoms with E-state index in [2.05, 4.69) is 44.5 Å². The molecule has 4 heterocycles. The van der Waals surface area contributed by atoms with Crippen LogP contribution >= 0.6 is 0 Å². The van der Waals surface area contributed by atoms with Gasteiger partial charge in [-0.2, -0.15) is 0 Å². The van der Waals surface area contributed by atoms with E-state index in [0.29, 0.717) is 31.7 Å². The molecule has 0 amide bonds. The van der Waals surface area contributed by atoms with Crippen molar-refractivity contribution in [1.82, 2.24) is 30.1 Å². The van der Waals surface area contributed by atoms with Crippen molar-refractivity contribution >= 4 is 10.9 Å². The Morgan fingerprint density at radius 1 is 1.08 bits per heavy atom. The van der Waals surface area contributed by atoms with Gasteiger partial charge in [-0.25, -0.2) is 4.68 Å². The summed E-state index contributed by atoms with van der Waals surface area (Å²) < 4.78 is 18.7. The van der Waals surface area contributed by atoms with Crippen LogP contribution in [0.25, 0.3) is 10.9 Å². The van der Waals surface area contributed by atoms with Crippen molar-refractivity contribution in [3.05, 3.63) is 74.8 Å². The van der Waals surface area contributed by atoms with Crippen molar-refractivity contribution in [1.29, 1.82) is 0 Å². The maximum atomic E-state index is 13.2. The molecule has 1 N–H and O–H groups in total. The molecule has 4 aromatic rings. The number of pyridine rings is 1. The Labute approximate surface area is 214 Å². The van der Waals surface area contributed by atoms with E-state index in [0.717, 1.165) is 64.4 Å². The molecule has 0 bridgehead atoms. The number of benzene rings is 2. The summed E-state index contributed by atoms with van der Waals surface area (Å²) in [5.41, 5.74) is 4.78. The number of aromatic amines is 1. The summed E-state index contributed by atoms with van der Waals surface area (Å²) in [6.45, 7) is 7.19. The Morgan fingerprint density at radius 3 is 2.84 bits per heavy atom. The summed E-state index contributed by atoms with van der Waals surface area (Å²) in [5.74, 6) is 2.21. The van der Waals surface area contributed by atoms with Crippen molar-refractivity contribution in [2.24, 2.45) is 0 Å². The molecule has 0 radical (unpaired) electrons. The van der Waals surface area contributed by atoms with Crippen LogP contribution in [0.5, 0.6) is 11.5 Å². The zero-order valence-corrected chi connectivity index (χ0v) is 21.1. The third kappa shape index (κ3) is 4.94. The molecule has 2 aromatic heterocycles. The van der Waals surface area contributed by atoms with Crippen LogP contribution in [0.1, 0.15) is 40.9 Å². The largest absolute Gasteiger partial charge is 0.454 e. The van der Waals surface area contributed by atoms with Crippen LogP contribution in [0.15, 0.2) is 41.2 Å². The minimum atomic E-state index is -0.0872. The van der Waals surface area contributed by atoms with Gasteiger partial charge < -0.3 is 19.2 Å². The fourth-order valence-electron chi connectivity index (χ4n) is 5.05. The van der Waals surface area contributed by atoms with E-state index in [1.54, 1.807) is 0 Å². The predicted octanol–water partition coefficient (Wildman–Crippen LogP) is 3.24. The van der Waals surface area contributed by atoms with Gasteiger partial charge in [-0.15, -0.1) is 5.10 Å². The smallest absolute Gasteiger partial charge is 0.252 e.